The average molecular weight is 349 g/mol. The van der Waals surface area contributed by atoms with E-state index in [9.17, 15) is 9.59 Å². The number of halogens is 1. The quantitative estimate of drug-likeness (QED) is 0.625. The largest absolute Gasteiger partial charge is 0.465 e. The molecule has 0 spiro atoms. The minimum absolute atomic E-state index is 0.343. The smallest absolute Gasteiger partial charge is 0.343 e. The van der Waals surface area contributed by atoms with Gasteiger partial charge in [-0.15, -0.1) is 0 Å². The number of esters is 2. The highest BCUT2D eigenvalue weighted by molar-refractivity contribution is 9.10. The first-order chi connectivity index (χ1) is 10.0. The van der Waals surface area contributed by atoms with Gasteiger partial charge in [-0.25, -0.2) is 9.59 Å². The van der Waals surface area contributed by atoms with Gasteiger partial charge in [0.25, 0.3) is 0 Å². The van der Waals surface area contributed by atoms with Crippen molar-refractivity contribution in [1.82, 2.24) is 0 Å². The number of aryl methyl sites for hydroxylation is 1. The molecule has 4 nitrogen and oxygen atoms in total. The van der Waals surface area contributed by atoms with Gasteiger partial charge in [-0.05, 0) is 52.7 Å². The van der Waals surface area contributed by atoms with Crippen LogP contribution in [0.15, 0.2) is 46.9 Å². The van der Waals surface area contributed by atoms with E-state index in [1.807, 2.05) is 19.1 Å². The maximum absolute atomic E-state index is 12.1. The van der Waals surface area contributed by atoms with Crippen molar-refractivity contribution < 1.29 is 19.1 Å². The number of carbonyl (C=O) groups is 2. The number of hydrogen-bond acceptors (Lipinski definition) is 4. The lowest BCUT2D eigenvalue weighted by molar-refractivity contribution is 0.0600. The van der Waals surface area contributed by atoms with E-state index in [0.717, 1.165) is 5.56 Å². The van der Waals surface area contributed by atoms with Crippen molar-refractivity contribution in [1.29, 1.82) is 0 Å². The molecular formula is C16H13BrO4. The average Bonchev–Trinajstić information content (AvgIpc) is 2.48. The van der Waals surface area contributed by atoms with Gasteiger partial charge < -0.3 is 9.47 Å². The number of methoxy groups -OCH3 is 1. The van der Waals surface area contributed by atoms with Gasteiger partial charge in [-0.1, -0.05) is 18.2 Å². The molecule has 5 heteroatoms. The van der Waals surface area contributed by atoms with E-state index >= 15 is 0 Å². The van der Waals surface area contributed by atoms with Crippen LogP contribution in [0.1, 0.15) is 26.3 Å². The fourth-order valence-corrected chi connectivity index (χ4v) is 2.24. The molecule has 108 valence electrons. The first kappa shape index (κ1) is 15.3. The molecule has 2 aromatic carbocycles. The zero-order valence-corrected chi connectivity index (χ0v) is 13.1. The molecule has 0 radical (unpaired) electrons. The predicted molar refractivity (Wildman–Crippen MR) is 81.6 cm³/mol. The van der Waals surface area contributed by atoms with E-state index in [1.54, 1.807) is 24.3 Å². The van der Waals surface area contributed by atoms with Gasteiger partial charge in [-0.2, -0.15) is 0 Å². The number of benzene rings is 2. The lowest BCUT2D eigenvalue weighted by Crippen LogP contribution is -2.11. The summed E-state index contributed by atoms with van der Waals surface area (Å²) in [6.45, 7) is 1.84. The first-order valence-corrected chi connectivity index (χ1v) is 6.98. The summed E-state index contributed by atoms with van der Waals surface area (Å²) in [5.41, 5.74) is 1.71. The van der Waals surface area contributed by atoms with Gasteiger partial charge >= 0.3 is 11.9 Å². The zero-order chi connectivity index (χ0) is 15.4. The number of hydrogen-bond donors (Lipinski definition) is 0. The van der Waals surface area contributed by atoms with Crippen LogP contribution in [0.4, 0.5) is 0 Å². The molecule has 2 aromatic rings. The molecule has 21 heavy (non-hydrogen) atoms. The van der Waals surface area contributed by atoms with E-state index in [4.69, 9.17) is 4.74 Å². The maximum atomic E-state index is 12.1. The van der Waals surface area contributed by atoms with E-state index in [2.05, 4.69) is 20.7 Å². The van der Waals surface area contributed by atoms with Crippen LogP contribution in [-0.4, -0.2) is 19.0 Å². The normalized spacial score (nSPS) is 10.0. The van der Waals surface area contributed by atoms with Crippen LogP contribution < -0.4 is 4.74 Å². The van der Waals surface area contributed by atoms with Gasteiger partial charge in [0.2, 0.25) is 0 Å². The van der Waals surface area contributed by atoms with Crippen LogP contribution in [0.2, 0.25) is 0 Å². The fourth-order valence-electron chi connectivity index (χ4n) is 1.79. The molecule has 0 N–H and O–H groups in total. The zero-order valence-electron chi connectivity index (χ0n) is 11.6. The third kappa shape index (κ3) is 3.49. The predicted octanol–water partition coefficient (Wildman–Crippen LogP) is 3.76. The van der Waals surface area contributed by atoms with Crippen LogP contribution in [0.5, 0.6) is 5.75 Å². The Morgan fingerprint density at radius 1 is 1.05 bits per heavy atom. The fraction of sp³-hybridized carbons (Fsp3) is 0.125. The monoisotopic (exact) mass is 348 g/mol. The Balaban J connectivity index is 2.22. The van der Waals surface area contributed by atoms with Crippen molar-refractivity contribution in [3.63, 3.8) is 0 Å². The van der Waals surface area contributed by atoms with Crippen LogP contribution >= 0.6 is 15.9 Å². The second-order valence-corrected chi connectivity index (χ2v) is 5.20. The summed E-state index contributed by atoms with van der Waals surface area (Å²) >= 11 is 3.28. The highest BCUT2D eigenvalue weighted by atomic mass is 79.9. The number of rotatable bonds is 3. The van der Waals surface area contributed by atoms with Crippen molar-refractivity contribution in [3.8, 4) is 5.75 Å². The molecule has 0 atom stereocenters. The van der Waals surface area contributed by atoms with Crippen LogP contribution in [-0.2, 0) is 4.74 Å². The van der Waals surface area contributed by atoms with Gasteiger partial charge in [0.05, 0.1) is 22.7 Å². The van der Waals surface area contributed by atoms with Crippen molar-refractivity contribution in [2.24, 2.45) is 0 Å². The minimum Gasteiger partial charge on any atom is -0.465 e. The summed E-state index contributed by atoms with van der Waals surface area (Å²) < 4.78 is 10.5. The Morgan fingerprint density at radius 2 is 1.76 bits per heavy atom. The van der Waals surface area contributed by atoms with E-state index in [1.165, 1.54) is 13.2 Å². The van der Waals surface area contributed by atoms with Gasteiger partial charge in [0.15, 0.2) is 0 Å². The highest BCUT2D eigenvalue weighted by Crippen LogP contribution is 2.27. The second kappa shape index (κ2) is 6.54. The summed E-state index contributed by atoms with van der Waals surface area (Å²) in [7, 11) is 1.31. The van der Waals surface area contributed by atoms with Gasteiger partial charge in [0, 0.05) is 0 Å². The molecule has 0 aliphatic carbocycles. The molecule has 0 saturated carbocycles. The Labute approximate surface area is 130 Å². The lowest BCUT2D eigenvalue weighted by Gasteiger charge is -2.09. The number of carbonyl (C=O) groups excluding carboxylic acids is 2. The molecule has 0 bridgehead atoms. The summed E-state index contributed by atoms with van der Waals surface area (Å²) in [4.78, 5) is 23.5. The van der Waals surface area contributed by atoms with Crippen molar-refractivity contribution in [2.45, 2.75) is 6.92 Å². The molecule has 0 aliphatic heterocycles. The Morgan fingerprint density at radius 3 is 2.38 bits per heavy atom. The summed E-state index contributed by atoms with van der Waals surface area (Å²) in [5, 5.41) is 0. The maximum Gasteiger partial charge on any atom is 0.343 e. The Bertz CT molecular complexity index is 694. The van der Waals surface area contributed by atoms with Crippen LogP contribution in [0.3, 0.4) is 0 Å². The molecule has 0 aliphatic rings. The summed E-state index contributed by atoms with van der Waals surface area (Å²) in [6.07, 6.45) is 0. The molecule has 0 unspecified atom stereocenters. The van der Waals surface area contributed by atoms with Crippen LogP contribution in [0.25, 0.3) is 0 Å². The van der Waals surface area contributed by atoms with Crippen molar-refractivity contribution in [3.05, 3.63) is 63.6 Å². The molecular weight excluding hydrogens is 336 g/mol. The summed E-state index contributed by atoms with van der Waals surface area (Å²) in [5.74, 6) is -0.553. The lowest BCUT2D eigenvalue weighted by atomic mass is 10.1. The third-order valence-electron chi connectivity index (χ3n) is 2.92. The van der Waals surface area contributed by atoms with Crippen molar-refractivity contribution in [2.75, 3.05) is 7.11 Å². The molecule has 0 heterocycles. The molecule has 2 rings (SSSR count). The SMILES string of the molecule is COC(=O)c1ccc(OC(=O)c2ccccc2C)c(Br)c1. The van der Waals surface area contributed by atoms with E-state index < -0.39 is 11.9 Å². The van der Waals surface area contributed by atoms with Gasteiger partial charge in [-0.3, -0.25) is 0 Å². The first-order valence-electron chi connectivity index (χ1n) is 6.18. The Hall–Kier alpha value is -2.14. The molecule has 0 aromatic heterocycles. The van der Waals surface area contributed by atoms with Crippen LogP contribution in [0, 0.1) is 6.92 Å². The van der Waals surface area contributed by atoms with E-state index in [-0.39, 0.29) is 0 Å². The van der Waals surface area contributed by atoms with Crippen molar-refractivity contribution >= 4 is 27.9 Å². The minimum atomic E-state index is -0.451. The number of ether oxygens (including phenoxy) is 2. The standard InChI is InChI=1S/C16H13BrO4/c1-10-5-3-4-6-12(10)16(19)21-14-8-7-11(9-13(14)17)15(18)20-2/h3-9H,1-2H3. The Kier molecular flexibility index (Phi) is 4.75. The topological polar surface area (TPSA) is 52.6 Å². The molecule has 0 amide bonds. The van der Waals surface area contributed by atoms with E-state index in [0.29, 0.717) is 21.3 Å². The molecule has 0 saturated heterocycles. The summed E-state index contributed by atoms with van der Waals surface area (Å²) in [6, 6.07) is 11.8. The highest BCUT2D eigenvalue weighted by Gasteiger charge is 2.14. The second-order valence-electron chi connectivity index (χ2n) is 4.34. The van der Waals surface area contributed by atoms with Gasteiger partial charge in [0.1, 0.15) is 5.75 Å². The molecule has 0 fully saturated rings. The third-order valence-corrected chi connectivity index (χ3v) is 3.54.